The van der Waals surface area contributed by atoms with Crippen LogP contribution in [-0.2, 0) is 63.6 Å². The molecule has 0 aromatic heterocycles. The van der Waals surface area contributed by atoms with Gasteiger partial charge in [0.15, 0.2) is 25.2 Å². The second-order valence-corrected chi connectivity index (χ2v) is 20.4. The van der Waals surface area contributed by atoms with Crippen molar-refractivity contribution in [2.24, 2.45) is 0 Å². The lowest BCUT2D eigenvalue weighted by Gasteiger charge is -2.40. The maximum atomic E-state index is 14.8. The maximum absolute atomic E-state index is 14.8. The van der Waals surface area contributed by atoms with Crippen molar-refractivity contribution >= 4 is 23.8 Å². The van der Waals surface area contributed by atoms with E-state index in [2.05, 4.69) is 10.6 Å². The molecule has 33 heteroatoms. The van der Waals surface area contributed by atoms with Gasteiger partial charge in [0.25, 0.3) is 0 Å². The van der Waals surface area contributed by atoms with Crippen molar-refractivity contribution in [1.82, 2.24) is 20.4 Å². The summed E-state index contributed by atoms with van der Waals surface area (Å²) in [7, 11) is 0. The molecule has 21 atom stereocenters. The zero-order valence-electron chi connectivity index (χ0n) is 46.0. The molecule has 5 rings (SSSR count). The first-order chi connectivity index (χ1) is 40.1. The Kier molecular flexibility index (Phi) is 30.0. The van der Waals surface area contributed by atoms with Gasteiger partial charge in [-0.05, 0) is 31.2 Å². The third-order valence-electron chi connectivity index (χ3n) is 14.5. The van der Waals surface area contributed by atoms with Crippen molar-refractivity contribution in [2.45, 2.75) is 174 Å². The quantitative estimate of drug-likeness (QED) is 0.0291. The topological polar surface area (TPSA) is 506 Å². The van der Waals surface area contributed by atoms with E-state index in [0.29, 0.717) is 12.8 Å². The van der Waals surface area contributed by atoms with Crippen molar-refractivity contribution in [1.29, 1.82) is 0 Å². The average molecular weight is 1220 g/mol. The first kappa shape index (κ1) is 70.7. The van der Waals surface area contributed by atoms with Crippen molar-refractivity contribution in [3.05, 3.63) is 35.9 Å². The molecule has 4 aliphatic rings. The van der Waals surface area contributed by atoms with E-state index in [1.165, 1.54) is 0 Å². The van der Waals surface area contributed by atoms with E-state index >= 15 is 0 Å². The molecule has 33 nitrogen and oxygen atoms in total. The molecule has 0 unspecified atom stereocenters. The summed E-state index contributed by atoms with van der Waals surface area (Å²) in [4.78, 5) is 57.3. The Morgan fingerprint density at radius 3 is 1.23 bits per heavy atom. The van der Waals surface area contributed by atoms with Gasteiger partial charge in [-0.2, -0.15) is 0 Å². The molecule has 84 heavy (non-hydrogen) atoms. The third-order valence-corrected chi connectivity index (χ3v) is 14.5. The molecule has 0 aliphatic carbocycles. The molecular formula is C51H84N4O29. The third kappa shape index (κ3) is 20.3. The first-order valence-electron chi connectivity index (χ1n) is 27.6. The van der Waals surface area contributed by atoms with E-state index in [4.69, 9.17) is 42.6 Å². The van der Waals surface area contributed by atoms with Gasteiger partial charge in [-0.25, -0.2) is 4.79 Å². The zero-order chi connectivity index (χ0) is 61.6. The van der Waals surface area contributed by atoms with Crippen LogP contribution in [0.15, 0.2) is 30.3 Å². The Morgan fingerprint density at radius 1 is 0.464 bits per heavy atom. The molecule has 482 valence electrons. The van der Waals surface area contributed by atoms with E-state index in [1.807, 2.05) is 30.3 Å². The first-order valence-corrected chi connectivity index (χ1v) is 27.6. The predicted molar refractivity (Wildman–Crippen MR) is 276 cm³/mol. The molecule has 1 aromatic carbocycles. The molecule has 0 bridgehead atoms. The molecule has 1 aromatic rings. The minimum Gasteiger partial charge on any atom is -0.450 e. The molecule has 4 fully saturated rings. The number of unbranched alkanes of at least 4 members (excludes halogenated alkanes) is 2. The van der Waals surface area contributed by atoms with Gasteiger partial charge in [0.05, 0.1) is 59.5 Å². The average Bonchev–Trinajstić information content (AvgIpc) is 3.42. The number of rotatable bonds is 33. The van der Waals surface area contributed by atoms with Crippen LogP contribution in [0.3, 0.4) is 0 Å². The predicted octanol–water partition coefficient (Wildman–Crippen LogP) is -9.34. The van der Waals surface area contributed by atoms with E-state index in [9.17, 15) is 101 Å². The Morgan fingerprint density at radius 2 is 0.845 bits per heavy atom. The summed E-state index contributed by atoms with van der Waals surface area (Å²) in [6.45, 7) is -6.49. The van der Waals surface area contributed by atoms with Crippen LogP contribution in [0.1, 0.15) is 44.1 Å². The molecular weight excluding hydrogens is 1130 g/mol. The van der Waals surface area contributed by atoms with Crippen molar-refractivity contribution in [2.75, 3.05) is 85.6 Å². The summed E-state index contributed by atoms with van der Waals surface area (Å²) < 4.78 is 49.5. The lowest BCUT2D eigenvalue weighted by atomic mass is 9.99. The number of aliphatic hydroxyl groups excluding tert-OH is 16. The van der Waals surface area contributed by atoms with E-state index in [-0.39, 0.29) is 39.1 Å². The number of aliphatic hydroxyl groups is 16. The van der Waals surface area contributed by atoms with Gasteiger partial charge in [0.1, 0.15) is 104 Å². The number of hydrogen-bond donors (Lipinski definition) is 18. The van der Waals surface area contributed by atoms with Gasteiger partial charge in [0, 0.05) is 45.6 Å². The SMILES string of the molecule is O=C(CCCCCOC(=O)NCc1ccccc1)N[C@@H](CCC(=O)N(CCO[C@H]1O[C@H](CO)[C@@H](O)[C@H](O)[C@@H]1O)CCO[C@H]1O[C@H](CO)[C@@H](O)[C@H](O)[C@@H]1O)C(=O)N(CCO[C@H]1O[C@H](CO)[C@@H](O)[C@H](O)[C@@H]1O)CCO[C@H]1O[C@H](CO)[C@@H](O)[C@H](O)[C@@H]1O. The minimum atomic E-state index is -1.85. The van der Waals surface area contributed by atoms with Gasteiger partial charge in [-0.15, -0.1) is 0 Å². The van der Waals surface area contributed by atoms with Gasteiger partial charge in [0.2, 0.25) is 17.7 Å². The summed E-state index contributed by atoms with van der Waals surface area (Å²) in [5.41, 5.74) is 0.851. The highest BCUT2D eigenvalue weighted by atomic mass is 16.7. The summed E-state index contributed by atoms with van der Waals surface area (Å²) in [6.07, 6.45) is -34.5. The Bertz CT molecular complexity index is 2010. The summed E-state index contributed by atoms with van der Waals surface area (Å²) in [5.74, 6) is -2.34. The highest BCUT2D eigenvalue weighted by molar-refractivity contribution is 5.88. The fourth-order valence-corrected chi connectivity index (χ4v) is 9.35. The molecule has 0 spiro atoms. The molecule has 4 heterocycles. The molecule has 4 amide bonds. The van der Waals surface area contributed by atoms with E-state index in [1.54, 1.807) is 0 Å². The maximum Gasteiger partial charge on any atom is 0.407 e. The Balaban J connectivity index is 1.34. The fourth-order valence-electron chi connectivity index (χ4n) is 9.35. The number of alkyl carbamates (subject to hydrolysis) is 1. The fraction of sp³-hybridized carbons (Fsp3) is 0.804. The van der Waals surface area contributed by atoms with Crippen LogP contribution in [0.4, 0.5) is 4.79 Å². The van der Waals surface area contributed by atoms with Crippen LogP contribution in [-0.4, -0.2) is 330 Å². The van der Waals surface area contributed by atoms with E-state index < -0.39 is 231 Å². The lowest BCUT2D eigenvalue weighted by Crippen LogP contribution is -2.59. The van der Waals surface area contributed by atoms with Crippen LogP contribution >= 0.6 is 0 Å². The monoisotopic (exact) mass is 1220 g/mol. The Hall–Kier alpha value is -4.06. The number of ether oxygens (including phenoxy) is 9. The van der Waals surface area contributed by atoms with Crippen LogP contribution < -0.4 is 10.6 Å². The molecule has 18 N–H and O–H groups in total. The van der Waals surface area contributed by atoms with Crippen molar-refractivity contribution in [3.63, 3.8) is 0 Å². The highest BCUT2D eigenvalue weighted by Gasteiger charge is 2.48. The van der Waals surface area contributed by atoms with Gasteiger partial charge >= 0.3 is 6.09 Å². The van der Waals surface area contributed by atoms with Crippen LogP contribution in [0.2, 0.25) is 0 Å². The minimum absolute atomic E-state index is 0.00836. The van der Waals surface area contributed by atoms with Crippen molar-refractivity contribution in [3.8, 4) is 0 Å². The number of nitrogens with zero attached hydrogens (tertiary/aromatic N) is 2. The Labute approximate surface area is 482 Å². The summed E-state index contributed by atoms with van der Waals surface area (Å²) >= 11 is 0. The molecule has 0 radical (unpaired) electrons. The number of hydrogen-bond acceptors (Lipinski definition) is 29. The van der Waals surface area contributed by atoms with Crippen molar-refractivity contribution < 1.29 is 144 Å². The zero-order valence-corrected chi connectivity index (χ0v) is 46.0. The van der Waals surface area contributed by atoms with Gasteiger partial charge in [-0.3, -0.25) is 14.4 Å². The summed E-state index contributed by atoms with van der Waals surface area (Å²) in [5, 5.41) is 169. The van der Waals surface area contributed by atoms with Crippen LogP contribution in [0.5, 0.6) is 0 Å². The van der Waals surface area contributed by atoms with Crippen LogP contribution in [0, 0.1) is 0 Å². The number of carbonyl (C=O) groups is 4. The largest absolute Gasteiger partial charge is 0.450 e. The molecule has 0 saturated carbocycles. The molecule has 4 saturated heterocycles. The highest BCUT2D eigenvalue weighted by Crippen LogP contribution is 2.26. The van der Waals surface area contributed by atoms with Gasteiger partial charge < -0.3 is 145 Å². The lowest BCUT2D eigenvalue weighted by molar-refractivity contribution is -0.303. The van der Waals surface area contributed by atoms with E-state index in [0.717, 1.165) is 15.4 Å². The van der Waals surface area contributed by atoms with Gasteiger partial charge in [-0.1, -0.05) is 30.3 Å². The summed E-state index contributed by atoms with van der Waals surface area (Å²) in [6, 6.07) is 7.53. The standard InChI is InChI=1S/C51H84N4O29/c56-22-28-34(62)38(66)42(70)47(81-28)76-17-12-54(13-18-77-48-43(71)39(67)35(63)29(23-57)82-48)33(61)11-10-27(53-32(60)9-5-2-6-16-80-51(75)52-21-26-7-3-1-4-8-26)46(74)55(14-19-78-49-44(72)40(68)36(64)30(24-58)83-49)15-20-79-50-45(73)41(69)37(65)31(25-59)84-50/h1,3-4,7-8,27-31,34-45,47-50,56-59,62-73H,2,5-6,9-25H2,(H,52,75)(H,53,60)/t27-,28+,29+,30+,31+,34+,35+,36+,37+,38-,39-,40-,41-,42-,43-,44-,45-,47-,48-,49-,50-/m0/s1. The number of benzene rings is 1. The second-order valence-electron chi connectivity index (χ2n) is 20.4. The van der Waals surface area contributed by atoms with Crippen LogP contribution in [0.25, 0.3) is 0 Å². The second kappa shape index (κ2) is 35.7. The molecule has 4 aliphatic heterocycles. The number of amides is 4. The smallest absolute Gasteiger partial charge is 0.407 e. The number of carbonyl (C=O) groups excluding carboxylic acids is 4. The number of nitrogens with one attached hydrogen (secondary N) is 2. The normalized spacial score (nSPS) is 33.9.